The molecule has 0 saturated carbocycles. The van der Waals surface area contributed by atoms with Gasteiger partial charge in [0.1, 0.15) is 0 Å². The summed E-state index contributed by atoms with van der Waals surface area (Å²) in [5, 5.41) is 10.7. The van der Waals surface area contributed by atoms with Crippen LogP contribution in [0.4, 0.5) is 17.1 Å². The van der Waals surface area contributed by atoms with Gasteiger partial charge in [-0.05, 0) is 12.5 Å². The lowest BCUT2D eigenvalue weighted by Gasteiger charge is -2.34. The number of nitro groups is 1. The molecular weight excluding hydrogens is 234 g/mol. The minimum Gasteiger partial charge on any atom is -0.397 e. The first-order valence-electron chi connectivity index (χ1n) is 6.02. The number of hydrogen-bond acceptors (Lipinski definition) is 5. The molecule has 0 spiro atoms. The number of anilines is 2. The first-order valence-corrected chi connectivity index (χ1v) is 6.02. The Morgan fingerprint density at radius 1 is 1.61 bits per heavy atom. The van der Waals surface area contributed by atoms with Crippen molar-refractivity contribution >= 4 is 17.1 Å². The standard InChI is InChI=1S/C12H17N3O3/c1-2-10-8-14(5-6-18-10)12-4-3-9(15(16)17)7-11(12)13/h3-4,7,10H,2,5-6,8,13H2,1H3. The maximum absolute atomic E-state index is 10.7. The van der Waals surface area contributed by atoms with Gasteiger partial charge in [-0.3, -0.25) is 10.1 Å². The Morgan fingerprint density at radius 3 is 3.00 bits per heavy atom. The second-order valence-electron chi connectivity index (χ2n) is 4.35. The number of nitrogens with two attached hydrogens (primary N) is 1. The van der Waals surface area contributed by atoms with Gasteiger partial charge in [0.15, 0.2) is 0 Å². The molecule has 1 aliphatic rings. The van der Waals surface area contributed by atoms with Crippen LogP contribution in [-0.4, -0.2) is 30.7 Å². The third kappa shape index (κ3) is 2.53. The number of nitrogens with zero attached hydrogens (tertiary/aromatic N) is 2. The zero-order chi connectivity index (χ0) is 13.1. The van der Waals surface area contributed by atoms with Crippen LogP contribution in [0.5, 0.6) is 0 Å². The van der Waals surface area contributed by atoms with E-state index in [-0.39, 0.29) is 11.8 Å². The van der Waals surface area contributed by atoms with Gasteiger partial charge in [-0.1, -0.05) is 6.92 Å². The van der Waals surface area contributed by atoms with Crippen molar-refractivity contribution in [2.75, 3.05) is 30.3 Å². The number of non-ortho nitro benzene ring substituents is 1. The predicted molar refractivity (Wildman–Crippen MR) is 69.8 cm³/mol. The van der Waals surface area contributed by atoms with Gasteiger partial charge in [-0.25, -0.2) is 0 Å². The van der Waals surface area contributed by atoms with Crippen molar-refractivity contribution in [2.45, 2.75) is 19.4 Å². The van der Waals surface area contributed by atoms with Crippen molar-refractivity contribution in [3.63, 3.8) is 0 Å². The van der Waals surface area contributed by atoms with Crippen LogP contribution in [-0.2, 0) is 4.74 Å². The smallest absolute Gasteiger partial charge is 0.271 e. The molecule has 1 atom stereocenters. The van der Waals surface area contributed by atoms with E-state index in [4.69, 9.17) is 10.5 Å². The second-order valence-corrected chi connectivity index (χ2v) is 4.35. The van der Waals surface area contributed by atoms with Crippen LogP contribution in [0.1, 0.15) is 13.3 Å². The quantitative estimate of drug-likeness (QED) is 0.503. The number of hydrogen-bond donors (Lipinski definition) is 1. The molecule has 1 aliphatic heterocycles. The Labute approximate surface area is 105 Å². The van der Waals surface area contributed by atoms with Crippen LogP contribution in [0.2, 0.25) is 0 Å². The number of morpholine rings is 1. The highest BCUT2D eigenvalue weighted by molar-refractivity contribution is 5.70. The van der Waals surface area contributed by atoms with Crippen LogP contribution < -0.4 is 10.6 Å². The summed E-state index contributed by atoms with van der Waals surface area (Å²) in [6.45, 7) is 4.28. The fourth-order valence-corrected chi connectivity index (χ4v) is 2.13. The summed E-state index contributed by atoms with van der Waals surface area (Å²) in [4.78, 5) is 12.3. The highest BCUT2D eigenvalue weighted by Crippen LogP contribution is 2.29. The summed E-state index contributed by atoms with van der Waals surface area (Å²) < 4.78 is 5.59. The number of ether oxygens (including phenoxy) is 1. The largest absolute Gasteiger partial charge is 0.397 e. The zero-order valence-electron chi connectivity index (χ0n) is 10.3. The molecule has 1 heterocycles. The fraction of sp³-hybridized carbons (Fsp3) is 0.500. The molecule has 2 rings (SSSR count). The summed E-state index contributed by atoms with van der Waals surface area (Å²) >= 11 is 0. The minimum atomic E-state index is -0.436. The average Bonchev–Trinajstić information content (AvgIpc) is 2.38. The molecule has 1 saturated heterocycles. The van der Waals surface area contributed by atoms with E-state index < -0.39 is 4.92 Å². The van der Waals surface area contributed by atoms with Crippen molar-refractivity contribution < 1.29 is 9.66 Å². The highest BCUT2D eigenvalue weighted by atomic mass is 16.6. The van der Waals surface area contributed by atoms with E-state index in [0.29, 0.717) is 12.3 Å². The third-order valence-corrected chi connectivity index (χ3v) is 3.16. The second kappa shape index (κ2) is 5.22. The summed E-state index contributed by atoms with van der Waals surface area (Å²) in [6.07, 6.45) is 1.15. The van der Waals surface area contributed by atoms with E-state index in [1.165, 1.54) is 12.1 Å². The van der Waals surface area contributed by atoms with Crippen LogP contribution in [0.25, 0.3) is 0 Å². The molecule has 6 nitrogen and oxygen atoms in total. The number of nitrogen functional groups attached to an aromatic ring is 1. The maximum atomic E-state index is 10.7. The lowest BCUT2D eigenvalue weighted by Crippen LogP contribution is -2.42. The molecule has 2 N–H and O–H groups in total. The van der Waals surface area contributed by atoms with Gasteiger partial charge in [0, 0.05) is 25.2 Å². The molecule has 1 unspecified atom stereocenters. The number of nitro benzene ring substituents is 1. The van der Waals surface area contributed by atoms with Crippen molar-refractivity contribution in [1.29, 1.82) is 0 Å². The van der Waals surface area contributed by atoms with Crippen LogP contribution in [0.15, 0.2) is 18.2 Å². The van der Waals surface area contributed by atoms with Gasteiger partial charge in [-0.2, -0.15) is 0 Å². The molecular formula is C12H17N3O3. The topological polar surface area (TPSA) is 81.6 Å². The predicted octanol–water partition coefficient (Wildman–Crippen LogP) is 1.79. The lowest BCUT2D eigenvalue weighted by molar-refractivity contribution is -0.384. The Balaban J connectivity index is 2.20. The molecule has 0 aliphatic carbocycles. The molecule has 0 amide bonds. The molecule has 1 aromatic carbocycles. The molecule has 0 bridgehead atoms. The molecule has 0 aromatic heterocycles. The number of rotatable bonds is 3. The van der Waals surface area contributed by atoms with E-state index in [2.05, 4.69) is 11.8 Å². The van der Waals surface area contributed by atoms with Crippen molar-refractivity contribution in [3.05, 3.63) is 28.3 Å². The fourth-order valence-electron chi connectivity index (χ4n) is 2.13. The molecule has 98 valence electrons. The van der Waals surface area contributed by atoms with Gasteiger partial charge in [0.25, 0.3) is 5.69 Å². The Bertz CT molecular complexity index is 450. The van der Waals surface area contributed by atoms with Crippen molar-refractivity contribution in [1.82, 2.24) is 0 Å². The van der Waals surface area contributed by atoms with E-state index in [1.54, 1.807) is 6.07 Å². The minimum absolute atomic E-state index is 0.0246. The van der Waals surface area contributed by atoms with E-state index >= 15 is 0 Å². The normalized spacial score (nSPS) is 19.8. The zero-order valence-corrected chi connectivity index (χ0v) is 10.3. The first-order chi connectivity index (χ1) is 8.61. The van der Waals surface area contributed by atoms with E-state index in [9.17, 15) is 10.1 Å². The molecule has 18 heavy (non-hydrogen) atoms. The monoisotopic (exact) mass is 251 g/mol. The molecule has 6 heteroatoms. The Hall–Kier alpha value is -1.82. The van der Waals surface area contributed by atoms with E-state index in [0.717, 1.165) is 25.2 Å². The average molecular weight is 251 g/mol. The van der Waals surface area contributed by atoms with Crippen LogP contribution in [0.3, 0.4) is 0 Å². The SMILES string of the molecule is CCC1CN(c2ccc([N+](=O)[O-])cc2N)CCO1. The van der Waals surface area contributed by atoms with Crippen molar-refractivity contribution in [3.8, 4) is 0 Å². The summed E-state index contributed by atoms with van der Waals surface area (Å²) in [5.74, 6) is 0. The summed E-state index contributed by atoms with van der Waals surface area (Å²) in [7, 11) is 0. The molecule has 0 radical (unpaired) electrons. The van der Waals surface area contributed by atoms with Gasteiger partial charge >= 0.3 is 0 Å². The van der Waals surface area contributed by atoms with E-state index in [1.807, 2.05) is 0 Å². The first kappa shape index (κ1) is 12.6. The van der Waals surface area contributed by atoms with Crippen LogP contribution in [0, 0.1) is 10.1 Å². The van der Waals surface area contributed by atoms with Crippen LogP contribution >= 0.6 is 0 Å². The molecule has 1 fully saturated rings. The summed E-state index contributed by atoms with van der Waals surface area (Å²) in [6, 6.07) is 4.61. The highest BCUT2D eigenvalue weighted by Gasteiger charge is 2.21. The van der Waals surface area contributed by atoms with Gasteiger partial charge in [0.05, 0.1) is 29.0 Å². The Kier molecular flexibility index (Phi) is 3.66. The van der Waals surface area contributed by atoms with Gasteiger partial charge in [-0.15, -0.1) is 0 Å². The molecule has 1 aromatic rings. The number of benzene rings is 1. The lowest BCUT2D eigenvalue weighted by atomic mass is 10.1. The third-order valence-electron chi connectivity index (χ3n) is 3.16. The van der Waals surface area contributed by atoms with Gasteiger partial charge in [0.2, 0.25) is 0 Å². The maximum Gasteiger partial charge on any atom is 0.271 e. The van der Waals surface area contributed by atoms with Gasteiger partial charge < -0.3 is 15.4 Å². The Morgan fingerprint density at radius 2 is 2.39 bits per heavy atom. The summed E-state index contributed by atoms with van der Waals surface area (Å²) in [5.41, 5.74) is 7.21. The van der Waals surface area contributed by atoms with Crippen molar-refractivity contribution in [2.24, 2.45) is 0 Å².